The van der Waals surface area contributed by atoms with E-state index >= 15 is 0 Å². The van der Waals surface area contributed by atoms with Crippen LogP contribution < -0.4 is 11.1 Å². The van der Waals surface area contributed by atoms with Crippen LogP contribution >= 0.6 is 0 Å². The van der Waals surface area contributed by atoms with E-state index in [2.05, 4.69) is 10.3 Å². The fourth-order valence-electron chi connectivity index (χ4n) is 3.80. The topological polar surface area (TPSA) is 80.5 Å². The summed E-state index contributed by atoms with van der Waals surface area (Å²) in [4.78, 5) is 18.1. The number of fused-ring (bicyclic) bond motifs is 1. The van der Waals surface area contributed by atoms with Crippen LogP contribution in [0, 0.1) is 12.7 Å². The van der Waals surface area contributed by atoms with Crippen molar-refractivity contribution in [3.63, 3.8) is 0 Å². The zero-order valence-corrected chi connectivity index (χ0v) is 18.2. The molecule has 0 radical (unpaired) electrons. The van der Waals surface area contributed by atoms with Crippen LogP contribution in [0.25, 0.3) is 21.9 Å². The smallest absolute Gasteiger partial charge is 0.410 e. The van der Waals surface area contributed by atoms with Gasteiger partial charge in [0.05, 0.1) is 6.04 Å². The molecule has 2 aromatic carbocycles. The van der Waals surface area contributed by atoms with Crippen LogP contribution in [0.3, 0.4) is 0 Å². The Bertz CT molecular complexity index is 1130. The number of nitrogen functional groups attached to an aromatic ring is 1. The molecule has 1 fully saturated rings. The standard InChI is InChI=1S/C24H27FN4O2/c1-14-6-5-7-19(25)22(14)15-8-16-11-27-21(26)10-18(16)20(9-15)28-17-12-29(13-17)23(30)31-24(2,3)4/h5-11,17,28H,12-13H2,1-4H3,(H2,26,27). The number of hydrogen-bond donors (Lipinski definition) is 2. The molecule has 1 amide bonds. The van der Waals surface area contributed by atoms with Gasteiger partial charge in [0.2, 0.25) is 0 Å². The highest BCUT2D eigenvalue weighted by Crippen LogP contribution is 2.35. The maximum atomic E-state index is 14.6. The van der Waals surface area contributed by atoms with Crippen LogP contribution in [-0.2, 0) is 4.74 Å². The number of hydrogen-bond acceptors (Lipinski definition) is 5. The highest BCUT2D eigenvalue weighted by molar-refractivity contribution is 5.99. The van der Waals surface area contributed by atoms with E-state index in [9.17, 15) is 9.18 Å². The third-order valence-corrected chi connectivity index (χ3v) is 5.26. The van der Waals surface area contributed by atoms with Gasteiger partial charge in [-0.1, -0.05) is 12.1 Å². The fourth-order valence-corrected chi connectivity index (χ4v) is 3.80. The molecule has 162 valence electrons. The van der Waals surface area contributed by atoms with Gasteiger partial charge in [-0.2, -0.15) is 0 Å². The second-order valence-electron chi connectivity index (χ2n) is 9.01. The number of nitrogens with two attached hydrogens (primary N) is 1. The number of nitrogens with zero attached hydrogens (tertiary/aromatic N) is 2. The first kappa shape index (κ1) is 20.9. The van der Waals surface area contributed by atoms with Crippen molar-refractivity contribution in [1.82, 2.24) is 9.88 Å². The van der Waals surface area contributed by atoms with Gasteiger partial charge in [-0.15, -0.1) is 0 Å². The number of nitrogens with one attached hydrogen (secondary N) is 1. The van der Waals surface area contributed by atoms with Gasteiger partial charge in [-0.25, -0.2) is 14.2 Å². The van der Waals surface area contributed by atoms with E-state index in [4.69, 9.17) is 10.5 Å². The lowest BCUT2D eigenvalue weighted by molar-refractivity contribution is 0.0105. The van der Waals surface area contributed by atoms with E-state index in [1.165, 1.54) is 6.07 Å². The van der Waals surface area contributed by atoms with Gasteiger partial charge >= 0.3 is 6.09 Å². The van der Waals surface area contributed by atoms with Gasteiger partial charge in [-0.3, -0.25) is 0 Å². The molecule has 0 aliphatic carbocycles. The molecule has 1 aliphatic heterocycles. The maximum absolute atomic E-state index is 14.6. The summed E-state index contributed by atoms with van der Waals surface area (Å²) in [5.74, 6) is 0.141. The Hall–Kier alpha value is -3.35. The number of benzene rings is 2. The van der Waals surface area contributed by atoms with Crippen molar-refractivity contribution >= 4 is 28.4 Å². The summed E-state index contributed by atoms with van der Waals surface area (Å²) in [6.45, 7) is 8.49. The zero-order chi connectivity index (χ0) is 22.3. The molecule has 4 rings (SSSR count). The number of anilines is 2. The first-order valence-electron chi connectivity index (χ1n) is 10.3. The lowest BCUT2D eigenvalue weighted by Crippen LogP contribution is -2.57. The number of aryl methyl sites for hydroxylation is 1. The molecule has 0 saturated carbocycles. The lowest BCUT2D eigenvalue weighted by Gasteiger charge is -2.40. The summed E-state index contributed by atoms with van der Waals surface area (Å²) in [6, 6.07) is 10.8. The molecule has 3 N–H and O–H groups in total. The third kappa shape index (κ3) is 4.40. The van der Waals surface area contributed by atoms with Gasteiger partial charge in [0.1, 0.15) is 17.2 Å². The number of pyridine rings is 1. The quantitative estimate of drug-likeness (QED) is 0.623. The number of carbonyl (C=O) groups is 1. The van der Waals surface area contributed by atoms with Crippen LogP contribution in [-0.4, -0.2) is 40.7 Å². The van der Waals surface area contributed by atoms with E-state index < -0.39 is 5.60 Å². The highest BCUT2D eigenvalue weighted by Gasteiger charge is 2.34. The number of rotatable bonds is 3. The summed E-state index contributed by atoms with van der Waals surface area (Å²) in [5, 5.41) is 5.26. The molecule has 1 aromatic heterocycles. The molecule has 1 saturated heterocycles. The first-order valence-corrected chi connectivity index (χ1v) is 10.3. The minimum Gasteiger partial charge on any atom is -0.444 e. The van der Waals surface area contributed by atoms with E-state index in [0.29, 0.717) is 24.5 Å². The van der Waals surface area contributed by atoms with Crippen molar-refractivity contribution in [2.45, 2.75) is 39.3 Å². The minimum atomic E-state index is -0.526. The Morgan fingerprint density at radius 2 is 2.00 bits per heavy atom. The number of aromatic nitrogens is 1. The van der Waals surface area contributed by atoms with Crippen LogP contribution in [0.15, 0.2) is 42.6 Å². The van der Waals surface area contributed by atoms with Crippen molar-refractivity contribution in [2.24, 2.45) is 0 Å². The molecule has 0 unspecified atom stereocenters. The summed E-state index contributed by atoms with van der Waals surface area (Å²) < 4.78 is 20.1. The second kappa shape index (κ2) is 7.72. The van der Waals surface area contributed by atoms with Crippen LogP contribution in [0.4, 0.5) is 20.7 Å². The minimum absolute atomic E-state index is 0.0575. The Morgan fingerprint density at radius 3 is 2.68 bits per heavy atom. The lowest BCUT2D eigenvalue weighted by atomic mass is 9.96. The number of amides is 1. The van der Waals surface area contributed by atoms with E-state index in [1.54, 1.807) is 23.2 Å². The maximum Gasteiger partial charge on any atom is 0.410 e. The Balaban J connectivity index is 1.63. The monoisotopic (exact) mass is 422 g/mol. The molecule has 2 heterocycles. The van der Waals surface area contributed by atoms with Gasteiger partial charge in [0, 0.05) is 41.3 Å². The van der Waals surface area contributed by atoms with E-state index in [-0.39, 0.29) is 18.0 Å². The molecule has 1 aliphatic rings. The van der Waals surface area contributed by atoms with E-state index in [1.807, 2.05) is 45.9 Å². The molecule has 31 heavy (non-hydrogen) atoms. The first-order chi connectivity index (χ1) is 14.6. The van der Waals surface area contributed by atoms with Gasteiger partial charge in [0.15, 0.2) is 0 Å². The average molecular weight is 423 g/mol. The zero-order valence-electron chi connectivity index (χ0n) is 18.2. The third-order valence-electron chi connectivity index (χ3n) is 5.26. The van der Waals surface area contributed by atoms with Crippen molar-refractivity contribution in [3.8, 4) is 11.1 Å². The molecule has 6 nitrogen and oxygen atoms in total. The van der Waals surface area contributed by atoms with Crippen molar-refractivity contribution in [2.75, 3.05) is 24.1 Å². The molecule has 0 spiro atoms. The highest BCUT2D eigenvalue weighted by atomic mass is 19.1. The number of carbonyl (C=O) groups excluding carboxylic acids is 1. The number of likely N-dealkylation sites (tertiary alicyclic amines) is 1. The van der Waals surface area contributed by atoms with Gasteiger partial charge in [0.25, 0.3) is 0 Å². The van der Waals surface area contributed by atoms with Crippen LogP contribution in [0.1, 0.15) is 26.3 Å². The number of halogens is 1. The predicted octanol–water partition coefficient (Wildman–Crippen LogP) is 4.96. The van der Waals surface area contributed by atoms with Crippen molar-refractivity contribution in [3.05, 3.63) is 54.0 Å². The van der Waals surface area contributed by atoms with Gasteiger partial charge < -0.3 is 20.7 Å². The molecule has 0 atom stereocenters. The van der Waals surface area contributed by atoms with Gasteiger partial charge in [-0.05, 0) is 63.1 Å². The molecule has 7 heteroatoms. The Kier molecular flexibility index (Phi) is 5.21. The Morgan fingerprint density at radius 1 is 1.26 bits per heavy atom. The normalized spacial score (nSPS) is 14.4. The summed E-state index contributed by atoms with van der Waals surface area (Å²) in [5.41, 5.74) is 8.41. The largest absolute Gasteiger partial charge is 0.444 e. The fraction of sp³-hybridized carbons (Fsp3) is 0.333. The SMILES string of the molecule is Cc1cccc(F)c1-c1cc(NC2CN(C(=O)OC(C)(C)C)C2)c2cc(N)ncc2c1. The van der Waals surface area contributed by atoms with E-state index in [0.717, 1.165) is 27.6 Å². The molecular formula is C24H27FN4O2. The molecular weight excluding hydrogens is 395 g/mol. The van der Waals surface area contributed by atoms with Crippen LogP contribution in [0.5, 0.6) is 0 Å². The van der Waals surface area contributed by atoms with Crippen molar-refractivity contribution in [1.29, 1.82) is 0 Å². The molecule has 0 bridgehead atoms. The van der Waals surface area contributed by atoms with Crippen molar-refractivity contribution < 1.29 is 13.9 Å². The second-order valence-corrected chi connectivity index (χ2v) is 9.01. The predicted molar refractivity (Wildman–Crippen MR) is 122 cm³/mol. The Labute approximate surface area is 181 Å². The van der Waals surface area contributed by atoms with Crippen LogP contribution in [0.2, 0.25) is 0 Å². The molecule has 3 aromatic rings. The number of ether oxygens (including phenoxy) is 1. The average Bonchev–Trinajstić information content (AvgIpc) is 2.63. The summed E-state index contributed by atoms with van der Waals surface area (Å²) in [6.07, 6.45) is 1.38. The summed E-state index contributed by atoms with van der Waals surface area (Å²) in [7, 11) is 0. The summed E-state index contributed by atoms with van der Waals surface area (Å²) >= 11 is 0.